The number of hydrogen-bond donors (Lipinski definition) is 1. The number of fused-ring (bicyclic) bond motifs is 1. The Morgan fingerprint density at radius 2 is 1.89 bits per heavy atom. The van der Waals surface area contributed by atoms with Crippen molar-refractivity contribution in [2.45, 2.75) is 38.6 Å². The average molecular weight is 485 g/mol. The van der Waals surface area contributed by atoms with Gasteiger partial charge in [-0.3, -0.25) is 24.6 Å². The molecule has 1 atom stereocenters. The van der Waals surface area contributed by atoms with E-state index in [1.165, 1.54) is 11.0 Å². The van der Waals surface area contributed by atoms with Gasteiger partial charge in [0.05, 0.1) is 25.3 Å². The predicted molar refractivity (Wildman–Crippen MR) is 119 cm³/mol. The Hall–Kier alpha value is -3.37. The number of imide groups is 1. The number of nitrogens with one attached hydrogen (secondary N) is 1. The minimum absolute atomic E-state index is 0.0387. The maximum Gasteiger partial charge on any atom is 0.255 e. The fourth-order valence-corrected chi connectivity index (χ4v) is 4.70. The Morgan fingerprint density at radius 1 is 1.09 bits per heavy atom. The largest absolute Gasteiger partial charge is 0.488 e. The lowest BCUT2D eigenvalue weighted by Gasteiger charge is -2.29. The Kier molecular flexibility index (Phi) is 6.48. The van der Waals surface area contributed by atoms with E-state index in [1.807, 2.05) is 6.07 Å². The van der Waals surface area contributed by atoms with Crippen molar-refractivity contribution in [1.29, 1.82) is 0 Å². The number of amides is 3. The number of hydrogen-bond acceptors (Lipinski definition) is 6. The average Bonchev–Trinajstić information content (AvgIpc) is 3.15. The van der Waals surface area contributed by atoms with Gasteiger partial charge in [-0.1, -0.05) is 12.1 Å². The van der Waals surface area contributed by atoms with Gasteiger partial charge in [-0.05, 0) is 24.1 Å². The first-order valence-corrected chi connectivity index (χ1v) is 11.6. The van der Waals surface area contributed by atoms with Crippen LogP contribution in [0.25, 0.3) is 0 Å². The van der Waals surface area contributed by atoms with Crippen molar-refractivity contribution in [2.24, 2.45) is 0 Å². The molecular weight excluding hydrogens is 460 g/mol. The van der Waals surface area contributed by atoms with E-state index in [2.05, 4.69) is 10.2 Å². The third-order valence-corrected chi connectivity index (χ3v) is 6.59. The number of carbonyl (C=O) groups excluding carboxylic acids is 3. The minimum atomic E-state index is -0.819. The molecule has 35 heavy (non-hydrogen) atoms. The quantitative estimate of drug-likeness (QED) is 0.631. The topological polar surface area (TPSA) is 88.2 Å². The molecule has 0 unspecified atom stereocenters. The van der Waals surface area contributed by atoms with Crippen LogP contribution in [0, 0.1) is 11.6 Å². The van der Waals surface area contributed by atoms with Crippen LogP contribution in [0.4, 0.5) is 8.78 Å². The molecule has 3 amide bonds. The van der Waals surface area contributed by atoms with Crippen molar-refractivity contribution >= 4 is 17.7 Å². The second-order valence-corrected chi connectivity index (χ2v) is 8.93. The van der Waals surface area contributed by atoms with E-state index in [1.54, 1.807) is 6.07 Å². The summed E-state index contributed by atoms with van der Waals surface area (Å²) >= 11 is 0. The molecule has 184 valence electrons. The Bertz CT molecular complexity index is 1180. The molecule has 3 aliphatic heterocycles. The SMILES string of the molecule is O=C1CC[C@@H](N2Cc3c(OCc4ccc(CN5CCOCC5)cc4F)cc(F)cc3C2=O)C(=O)N1. The van der Waals surface area contributed by atoms with Gasteiger partial charge in [-0.2, -0.15) is 0 Å². The Labute approximate surface area is 200 Å². The van der Waals surface area contributed by atoms with E-state index < -0.39 is 29.5 Å². The molecule has 0 spiro atoms. The second-order valence-electron chi connectivity index (χ2n) is 8.93. The highest BCUT2D eigenvalue weighted by atomic mass is 19.1. The van der Waals surface area contributed by atoms with Crippen LogP contribution in [0.2, 0.25) is 0 Å². The molecule has 0 radical (unpaired) electrons. The van der Waals surface area contributed by atoms with Crippen molar-refractivity contribution in [3.8, 4) is 5.75 Å². The minimum Gasteiger partial charge on any atom is -0.488 e. The van der Waals surface area contributed by atoms with Crippen LogP contribution in [0.3, 0.4) is 0 Å². The van der Waals surface area contributed by atoms with Crippen molar-refractivity contribution in [1.82, 2.24) is 15.1 Å². The zero-order valence-electron chi connectivity index (χ0n) is 19.0. The van der Waals surface area contributed by atoms with Gasteiger partial charge in [0.25, 0.3) is 5.91 Å². The number of carbonyl (C=O) groups is 3. The molecule has 0 aromatic heterocycles. The standard InChI is InChI=1S/C25H25F2N3O5/c26-17-10-18-19(13-30(25(18)33)21-3-4-23(31)28-24(21)32)22(11-17)35-14-16-2-1-15(9-20(16)27)12-29-5-7-34-8-6-29/h1-2,9-11,21H,3-8,12-14H2,(H,28,31,32)/t21-/m1/s1. The molecule has 0 saturated carbocycles. The summed E-state index contributed by atoms with van der Waals surface area (Å²) in [5.41, 5.74) is 1.68. The lowest BCUT2D eigenvalue weighted by molar-refractivity contribution is -0.136. The van der Waals surface area contributed by atoms with Gasteiger partial charge in [-0.15, -0.1) is 0 Å². The van der Waals surface area contributed by atoms with Crippen LogP contribution in [-0.4, -0.2) is 59.9 Å². The van der Waals surface area contributed by atoms with E-state index in [4.69, 9.17) is 9.47 Å². The van der Waals surface area contributed by atoms with E-state index in [0.29, 0.717) is 30.9 Å². The smallest absolute Gasteiger partial charge is 0.255 e. The second kappa shape index (κ2) is 9.71. The molecule has 3 aliphatic rings. The normalized spacial score (nSPS) is 20.7. The maximum atomic E-state index is 14.8. The van der Waals surface area contributed by atoms with Gasteiger partial charge >= 0.3 is 0 Å². The van der Waals surface area contributed by atoms with E-state index >= 15 is 0 Å². The summed E-state index contributed by atoms with van der Waals surface area (Å²) < 4.78 is 40.2. The number of benzene rings is 2. The molecular formula is C25H25F2N3O5. The summed E-state index contributed by atoms with van der Waals surface area (Å²) in [6.07, 6.45) is 0.320. The van der Waals surface area contributed by atoms with Crippen LogP contribution >= 0.6 is 0 Å². The van der Waals surface area contributed by atoms with Gasteiger partial charge in [0.15, 0.2) is 0 Å². The fraction of sp³-hybridized carbons (Fsp3) is 0.400. The molecule has 0 aliphatic carbocycles. The van der Waals surface area contributed by atoms with Gasteiger partial charge < -0.3 is 14.4 Å². The highest BCUT2D eigenvalue weighted by Gasteiger charge is 2.40. The predicted octanol–water partition coefficient (Wildman–Crippen LogP) is 2.14. The number of rotatable bonds is 6. The first-order chi connectivity index (χ1) is 16.9. The van der Waals surface area contributed by atoms with Crippen molar-refractivity contribution < 1.29 is 32.6 Å². The van der Waals surface area contributed by atoms with Gasteiger partial charge in [0.2, 0.25) is 11.8 Å². The van der Waals surface area contributed by atoms with E-state index in [-0.39, 0.29) is 43.2 Å². The molecule has 2 aromatic rings. The van der Waals surface area contributed by atoms with Crippen molar-refractivity contribution in [3.05, 3.63) is 64.2 Å². The number of piperidine rings is 1. The van der Waals surface area contributed by atoms with E-state index in [9.17, 15) is 23.2 Å². The Balaban J connectivity index is 1.29. The highest BCUT2D eigenvalue weighted by Crippen LogP contribution is 2.35. The van der Waals surface area contributed by atoms with Gasteiger partial charge in [-0.25, -0.2) is 8.78 Å². The van der Waals surface area contributed by atoms with Crippen LogP contribution < -0.4 is 10.1 Å². The summed E-state index contributed by atoms with van der Waals surface area (Å²) in [6.45, 7) is 3.43. The maximum absolute atomic E-state index is 14.8. The zero-order valence-corrected chi connectivity index (χ0v) is 19.0. The van der Waals surface area contributed by atoms with Gasteiger partial charge in [0, 0.05) is 43.2 Å². The monoisotopic (exact) mass is 485 g/mol. The summed E-state index contributed by atoms with van der Waals surface area (Å²) in [4.78, 5) is 40.2. The molecule has 3 heterocycles. The summed E-state index contributed by atoms with van der Waals surface area (Å²) in [7, 11) is 0. The number of morpholine rings is 1. The molecule has 8 nitrogen and oxygen atoms in total. The van der Waals surface area contributed by atoms with Crippen LogP contribution in [-0.2, 0) is 34.0 Å². The zero-order chi connectivity index (χ0) is 24.5. The molecule has 0 bridgehead atoms. The first kappa shape index (κ1) is 23.4. The molecule has 1 N–H and O–H groups in total. The molecule has 2 saturated heterocycles. The first-order valence-electron chi connectivity index (χ1n) is 11.6. The number of ether oxygens (including phenoxy) is 2. The van der Waals surface area contributed by atoms with E-state index in [0.717, 1.165) is 30.8 Å². The highest BCUT2D eigenvalue weighted by molar-refractivity contribution is 6.05. The Morgan fingerprint density at radius 3 is 2.63 bits per heavy atom. The molecule has 10 heteroatoms. The fourth-order valence-electron chi connectivity index (χ4n) is 4.70. The van der Waals surface area contributed by atoms with Crippen LogP contribution in [0.15, 0.2) is 30.3 Å². The van der Waals surface area contributed by atoms with Gasteiger partial charge in [0.1, 0.15) is 30.0 Å². The lowest BCUT2D eigenvalue weighted by atomic mass is 10.0. The molecule has 5 rings (SSSR count). The molecule has 2 aromatic carbocycles. The third kappa shape index (κ3) is 4.89. The van der Waals surface area contributed by atoms with Crippen molar-refractivity contribution in [3.63, 3.8) is 0 Å². The number of nitrogens with zero attached hydrogens (tertiary/aromatic N) is 2. The van der Waals surface area contributed by atoms with Crippen LogP contribution in [0.1, 0.15) is 39.9 Å². The lowest BCUT2D eigenvalue weighted by Crippen LogP contribution is -2.52. The summed E-state index contributed by atoms with van der Waals surface area (Å²) in [5.74, 6) is -2.41. The van der Waals surface area contributed by atoms with Crippen LogP contribution in [0.5, 0.6) is 5.75 Å². The summed E-state index contributed by atoms with van der Waals surface area (Å²) in [6, 6.07) is 6.40. The third-order valence-electron chi connectivity index (χ3n) is 6.59. The summed E-state index contributed by atoms with van der Waals surface area (Å²) in [5, 5.41) is 2.23. The molecule has 2 fully saturated rings. The number of halogens is 2. The van der Waals surface area contributed by atoms with Crippen molar-refractivity contribution in [2.75, 3.05) is 26.3 Å².